The van der Waals surface area contributed by atoms with Crippen molar-refractivity contribution in [2.45, 2.75) is 50.8 Å². The van der Waals surface area contributed by atoms with E-state index in [1.54, 1.807) is 16.4 Å². The Balaban J connectivity index is 1.49. The molecule has 172 valence electrons. The third-order valence-corrected chi connectivity index (χ3v) is 8.58. The molecule has 2 fully saturated rings. The highest BCUT2D eigenvalue weighted by molar-refractivity contribution is 7.89. The van der Waals surface area contributed by atoms with E-state index in [4.69, 9.17) is 0 Å². The van der Waals surface area contributed by atoms with E-state index in [0.29, 0.717) is 30.3 Å². The Hall–Kier alpha value is -2.38. The van der Waals surface area contributed by atoms with Gasteiger partial charge in [0.2, 0.25) is 10.0 Å². The maximum absolute atomic E-state index is 13.1. The molecule has 0 bridgehead atoms. The maximum atomic E-state index is 13.1. The zero-order chi connectivity index (χ0) is 22.7. The first-order valence-corrected chi connectivity index (χ1v) is 13.1. The Morgan fingerprint density at radius 2 is 1.59 bits per heavy atom. The average Bonchev–Trinajstić information content (AvgIpc) is 2.80. The van der Waals surface area contributed by atoms with Crippen LogP contribution in [0.5, 0.6) is 0 Å². The molecule has 7 heteroatoms. The van der Waals surface area contributed by atoms with E-state index in [1.165, 1.54) is 31.0 Å². The van der Waals surface area contributed by atoms with Crippen LogP contribution in [0.4, 0.5) is 11.4 Å². The van der Waals surface area contributed by atoms with Crippen LogP contribution in [-0.4, -0.2) is 44.8 Å². The number of piperidine rings is 2. The van der Waals surface area contributed by atoms with Crippen molar-refractivity contribution in [1.82, 2.24) is 4.31 Å². The minimum atomic E-state index is -3.60. The first-order valence-electron chi connectivity index (χ1n) is 11.6. The van der Waals surface area contributed by atoms with Gasteiger partial charge in [0.15, 0.2) is 0 Å². The van der Waals surface area contributed by atoms with E-state index in [9.17, 15) is 13.2 Å². The molecule has 0 atom stereocenters. The van der Waals surface area contributed by atoms with Gasteiger partial charge in [0.1, 0.15) is 0 Å². The van der Waals surface area contributed by atoms with Gasteiger partial charge in [0.25, 0.3) is 5.91 Å². The average molecular weight is 456 g/mol. The Kier molecular flexibility index (Phi) is 6.86. The second-order valence-corrected chi connectivity index (χ2v) is 11.0. The molecule has 0 radical (unpaired) electrons. The van der Waals surface area contributed by atoms with Gasteiger partial charge in [-0.25, -0.2) is 8.42 Å². The summed E-state index contributed by atoms with van der Waals surface area (Å²) in [5, 5.41) is 2.93. The smallest absolute Gasteiger partial charge is 0.255 e. The van der Waals surface area contributed by atoms with E-state index in [2.05, 4.69) is 17.1 Å². The summed E-state index contributed by atoms with van der Waals surface area (Å²) < 4.78 is 27.8. The van der Waals surface area contributed by atoms with Gasteiger partial charge < -0.3 is 10.2 Å². The highest BCUT2D eigenvalue weighted by Crippen LogP contribution is 2.26. The van der Waals surface area contributed by atoms with Crippen LogP contribution >= 0.6 is 0 Å². The number of carbonyl (C=O) groups is 1. The molecule has 2 aliphatic rings. The lowest BCUT2D eigenvalue weighted by atomic mass is 10.0. The van der Waals surface area contributed by atoms with Crippen molar-refractivity contribution < 1.29 is 13.2 Å². The number of hydrogen-bond donors (Lipinski definition) is 1. The summed E-state index contributed by atoms with van der Waals surface area (Å²) >= 11 is 0. The normalized spacial score (nSPS) is 18.5. The fourth-order valence-electron chi connectivity index (χ4n) is 4.49. The van der Waals surface area contributed by atoms with Gasteiger partial charge in [-0.1, -0.05) is 13.0 Å². The number of nitrogens with zero attached hydrogens (tertiary/aromatic N) is 2. The summed E-state index contributed by atoms with van der Waals surface area (Å²) in [6, 6.07) is 12.7. The predicted octanol–water partition coefficient (Wildman–Crippen LogP) is 4.66. The highest BCUT2D eigenvalue weighted by atomic mass is 32.2. The van der Waals surface area contributed by atoms with Crippen molar-refractivity contribution in [2.75, 3.05) is 36.4 Å². The zero-order valence-corrected chi connectivity index (χ0v) is 19.8. The molecule has 0 spiro atoms. The summed E-state index contributed by atoms with van der Waals surface area (Å²) in [7, 11) is -3.60. The van der Waals surface area contributed by atoms with E-state index in [-0.39, 0.29) is 10.8 Å². The molecular formula is C25H33N3O3S. The van der Waals surface area contributed by atoms with Crippen molar-refractivity contribution in [3.63, 3.8) is 0 Å². The monoisotopic (exact) mass is 455 g/mol. The molecule has 0 aromatic heterocycles. The molecule has 2 aliphatic heterocycles. The second-order valence-electron chi connectivity index (χ2n) is 9.11. The lowest BCUT2D eigenvalue weighted by molar-refractivity contribution is 0.102. The van der Waals surface area contributed by atoms with Crippen LogP contribution in [0.3, 0.4) is 0 Å². The fourth-order valence-corrected chi connectivity index (χ4v) is 5.98. The number of nitrogens with one attached hydrogen (secondary N) is 1. The van der Waals surface area contributed by atoms with Crippen LogP contribution in [0.2, 0.25) is 0 Å². The molecule has 2 saturated heterocycles. The van der Waals surface area contributed by atoms with E-state index in [1.807, 2.05) is 31.2 Å². The van der Waals surface area contributed by atoms with Crippen LogP contribution in [0, 0.1) is 12.8 Å². The van der Waals surface area contributed by atoms with Gasteiger partial charge in [-0.15, -0.1) is 0 Å². The molecule has 32 heavy (non-hydrogen) atoms. The fraction of sp³-hybridized carbons (Fsp3) is 0.480. The molecule has 6 nitrogen and oxygen atoms in total. The Labute approximate surface area is 191 Å². The molecule has 4 rings (SSSR count). The number of amides is 1. The number of rotatable bonds is 5. The van der Waals surface area contributed by atoms with Crippen molar-refractivity contribution in [1.29, 1.82) is 0 Å². The second kappa shape index (κ2) is 9.63. The Bertz CT molecular complexity index is 1050. The van der Waals surface area contributed by atoms with E-state index < -0.39 is 10.0 Å². The van der Waals surface area contributed by atoms with Gasteiger partial charge >= 0.3 is 0 Å². The van der Waals surface area contributed by atoms with Crippen LogP contribution in [0.25, 0.3) is 0 Å². The summed E-state index contributed by atoms with van der Waals surface area (Å²) in [6.07, 6.45) is 5.45. The van der Waals surface area contributed by atoms with Crippen molar-refractivity contribution in [3.8, 4) is 0 Å². The van der Waals surface area contributed by atoms with Gasteiger partial charge in [0.05, 0.1) is 4.90 Å². The largest absolute Gasteiger partial charge is 0.372 e. The van der Waals surface area contributed by atoms with E-state index in [0.717, 1.165) is 31.5 Å². The maximum Gasteiger partial charge on any atom is 0.255 e. The summed E-state index contributed by atoms with van der Waals surface area (Å²) in [5.74, 6) is 0.250. The minimum Gasteiger partial charge on any atom is -0.372 e. The van der Waals surface area contributed by atoms with E-state index >= 15 is 0 Å². The minimum absolute atomic E-state index is 0.184. The highest BCUT2D eigenvalue weighted by Gasteiger charge is 2.29. The summed E-state index contributed by atoms with van der Waals surface area (Å²) in [6.45, 7) is 7.18. The molecule has 0 aliphatic carbocycles. The predicted molar refractivity (Wildman–Crippen MR) is 129 cm³/mol. The topological polar surface area (TPSA) is 69.7 Å². The number of hydrogen-bond acceptors (Lipinski definition) is 4. The number of sulfonamides is 1. The standard InChI is InChI=1S/C25H33N3O3S/c1-19-12-16-28(17-13-19)32(30,31)23-11-6-20(2)24(18-23)25(29)26-21-7-9-22(10-8-21)27-14-4-3-5-15-27/h6-11,18-19H,3-5,12-17H2,1-2H3,(H,26,29). The summed E-state index contributed by atoms with van der Waals surface area (Å²) in [5.41, 5.74) is 3.01. The molecule has 1 amide bonds. The number of aryl methyl sites for hydroxylation is 1. The van der Waals surface area contributed by atoms with Crippen molar-refractivity contribution in [3.05, 3.63) is 53.6 Å². The zero-order valence-electron chi connectivity index (χ0n) is 19.0. The molecule has 2 heterocycles. The molecule has 0 saturated carbocycles. The number of carbonyl (C=O) groups excluding carboxylic acids is 1. The molecular weight excluding hydrogens is 422 g/mol. The van der Waals surface area contributed by atoms with Crippen LogP contribution in [0.15, 0.2) is 47.4 Å². The van der Waals surface area contributed by atoms with Gasteiger partial charge in [-0.05, 0) is 86.9 Å². The Morgan fingerprint density at radius 3 is 2.25 bits per heavy atom. The first-order chi connectivity index (χ1) is 15.3. The SMILES string of the molecule is Cc1ccc(S(=O)(=O)N2CCC(C)CC2)cc1C(=O)Nc1ccc(N2CCCCC2)cc1. The third kappa shape index (κ3) is 4.99. The van der Waals surface area contributed by atoms with Crippen molar-refractivity contribution in [2.24, 2.45) is 5.92 Å². The molecule has 1 N–H and O–H groups in total. The number of anilines is 2. The van der Waals surface area contributed by atoms with Crippen LogP contribution < -0.4 is 10.2 Å². The van der Waals surface area contributed by atoms with Crippen LogP contribution in [0.1, 0.15) is 54.9 Å². The van der Waals surface area contributed by atoms with Gasteiger partial charge in [0, 0.05) is 43.1 Å². The quantitative estimate of drug-likeness (QED) is 0.712. The molecule has 2 aromatic rings. The molecule has 2 aromatic carbocycles. The van der Waals surface area contributed by atoms with Gasteiger partial charge in [-0.2, -0.15) is 4.31 Å². The lowest BCUT2D eigenvalue weighted by Crippen LogP contribution is -2.38. The third-order valence-electron chi connectivity index (χ3n) is 6.68. The lowest BCUT2D eigenvalue weighted by Gasteiger charge is -2.29. The summed E-state index contributed by atoms with van der Waals surface area (Å²) in [4.78, 5) is 15.5. The van der Waals surface area contributed by atoms with Gasteiger partial charge in [-0.3, -0.25) is 4.79 Å². The number of benzene rings is 2. The molecule has 0 unspecified atom stereocenters. The van der Waals surface area contributed by atoms with Crippen LogP contribution in [-0.2, 0) is 10.0 Å². The first kappa shape index (κ1) is 22.8. The Morgan fingerprint density at radius 1 is 0.938 bits per heavy atom. The van der Waals surface area contributed by atoms with Crippen molar-refractivity contribution >= 4 is 27.3 Å².